The van der Waals surface area contributed by atoms with E-state index in [1.807, 2.05) is 0 Å². The average Bonchev–Trinajstić information content (AvgIpc) is 3.24. The summed E-state index contributed by atoms with van der Waals surface area (Å²) >= 11 is 1.66. The van der Waals surface area contributed by atoms with Crippen molar-refractivity contribution < 1.29 is 13.2 Å². The second-order valence-electron chi connectivity index (χ2n) is 12.7. The number of hydrogen-bond acceptors (Lipinski definition) is 5. The number of aromatic nitrogens is 1. The summed E-state index contributed by atoms with van der Waals surface area (Å²) in [6, 6.07) is 14.9. The maximum atomic E-state index is 13.6. The van der Waals surface area contributed by atoms with E-state index in [4.69, 9.17) is 0 Å². The third kappa shape index (κ3) is 6.77. The van der Waals surface area contributed by atoms with Crippen LogP contribution < -0.4 is 10.0 Å². The van der Waals surface area contributed by atoms with Gasteiger partial charge >= 0.3 is 0 Å². The first-order valence-corrected chi connectivity index (χ1v) is 17.3. The topological polar surface area (TPSA) is 80.2 Å². The van der Waals surface area contributed by atoms with Crippen LogP contribution in [0.1, 0.15) is 81.8 Å². The zero-order chi connectivity index (χ0) is 28.5. The Balaban J connectivity index is 1.52. The maximum Gasteiger partial charge on any atom is 0.253 e. The molecule has 8 heteroatoms. The molecular weight excluding hydrogens is 539 g/mol. The third-order valence-electron chi connectivity index (χ3n) is 8.29. The van der Waals surface area contributed by atoms with Crippen LogP contribution >= 0.6 is 11.9 Å². The Kier molecular flexibility index (Phi) is 8.69. The average molecular weight is 582 g/mol. The Hall–Kier alpha value is -2.29. The van der Waals surface area contributed by atoms with Crippen LogP contribution in [0.15, 0.2) is 47.4 Å². The Morgan fingerprint density at radius 1 is 0.975 bits per heavy atom. The monoisotopic (exact) mass is 581 g/mol. The molecule has 6 nitrogen and oxygen atoms in total. The van der Waals surface area contributed by atoms with Gasteiger partial charge in [-0.2, -0.15) is 0 Å². The van der Waals surface area contributed by atoms with Crippen molar-refractivity contribution in [3.8, 4) is 11.3 Å². The number of nitrogens with zero attached hydrogens (tertiary/aromatic N) is 1. The molecule has 2 aliphatic rings. The number of fused-ring (bicyclic) bond motifs is 1. The summed E-state index contributed by atoms with van der Waals surface area (Å²) in [4.78, 5) is 14.8. The summed E-state index contributed by atoms with van der Waals surface area (Å²) in [5.74, 6) is 0.794. The van der Waals surface area contributed by atoms with Gasteiger partial charge < -0.3 is 9.88 Å². The van der Waals surface area contributed by atoms with Crippen LogP contribution in [0.25, 0.3) is 22.0 Å². The van der Waals surface area contributed by atoms with Crippen LogP contribution in [0, 0.1) is 12.8 Å². The van der Waals surface area contributed by atoms with E-state index >= 15 is 0 Å². The molecule has 0 bridgehead atoms. The lowest BCUT2D eigenvalue weighted by molar-refractivity contribution is 0.0933. The highest BCUT2D eigenvalue weighted by Crippen LogP contribution is 2.38. The van der Waals surface area contributed by atoms with E-state index in [-0.39, 0.29) is 29.0 Å². The third-order valence-corrected chi connectivity index (χ3v) is 11.3. The molecule has 1 saturated carbocycles. The molecule has 1 saturated heterocycles. The van der Waals surface area contributed by atoms with E-state index in [1.54, 1.807) is 11.9 Å². The maximum absolute atomic E-state index is 13.6. The number of benzene rings is 2. The Morgan fingerprint density at radius 2 is 1.65 bits per heavy atom. The minimum Gasteiger partial charge on any atom is -0.349 e. The van der Waals surface area contributed by atoms with Crippen molar-refractivity contribution in [1.82, 2.24) is 14.6 Å². The van der Waals surface area contributed by atoms with Crippen LogP contribution in [-0.4, -0.2) is 42.0 Å². The predicted molar refractivity (Wildman–Crippen MR) is 167 cm³/mol. The first kappa shape index (κ1) is 29.2. The summed E-state index contributed by atoms with van der Waals surface area (Å²) in [6.45, 7) is 9.46. The van der Waals surface area contributed by atoms with Crippen LogP contribution in [0.5, 0.6) is 0 Å². The van der Waals surface area contributed by atoms with Crippen molar-refractivity contribution in [1.29, 1.82) is 0 Å². The van der Waals surface area contributed by atoms with Gasteiger partial charge in [-0.05, 0) is 94.1 Å². The molecule has 0 radical (unpaired) electrons. The van der Waals surface area contributed by atoms with Gasteiger partial charge in [0.25, 0.3) is 5.91 Å². The number of nitrogens with one attached hydrogen (secondary N) is 2. The highest BCUT2D eigenvalue weighted by atomic mass is 32.2. The van der Waals surface area contributed by atoms with Crippen molar-refractivity contribution >= 4 is 38.5 Å². The summed E-state index contributed by atoms with van der Waals surface area (Å²) in [5, 5.41) is 5.53. The quantitative estimate of drug-likeness (QED) is 0.297. The van der Waals surface area contributed by atoms with Gasteiger partial charge in [-0.25, -0.2) is 8.42 Å². The largest absolute Gasteiger partial charge is 0.349 e. The van der Waals surface area contributed by atoms with Crippen LogP contribution in [-0.2, 0) is 16.4 Å². The van der Waals surface area contributed by atoms with E-state index in [2.05, 4.69) is 84.8 Å². The zero-order valence-corrected chi connectivity index (χ0v) is 25.9. The van der Waals surface area contributed by atoms with Crippen molar-refractivity contribution in [3.63, 3.8) is 0 Å². The second kappa shape index (κ2) is 11.9. The Bertz CT molecular complexity index is 1470. The molecule has 2 fully saturated rings. The molecule has 1 amide bonds. The molecular formula is C32H43N3O3S2. The fourth-order valence-electron chi connectivity index (χ4n) is 6.05. The van der Waals surface area contributed by atoms with Gasteiger partial charge in [0.15, 0.2) is 0 Å². The molecule has 0 spiro atoms. The summed E-state index contributed by atoms with van der Waals surface area (Å²) < 4.78 is 29.7. The molecule has 0 unspecified atom stereocenters. The molecule has 0 atom stereocenters. The van der Waals surface area contributed by atoms with E-state index < -0.39 is 9.84 Å². The van der Waals surface area contributed by atoms with Crippen LogP contribution in [0.2, 0.25) is 0 Å². The fourth-order valence-corrected chi connectivity index (χ4v) is 8.38. The van der Waals surface area contributed by atoms with E-state index in [1.165, 1.54) is 47.8 Å². The molecule has 2 aromatic carbocycles. The second-order valence-corrected chi connectivity index (χ2v) is 15.8. The van der Waals surface area contributed by atoms with E-state index in [0.717, 1.165) is 23.5 Å². The van der Waals surface area contributed by atoms with Gasteiger partial charge in [-0.3, -0.25) is 9.52 Å². The molecule has 2 heterocycles. The molecule has 40 heavy (non-hydrogen) atoms. The number of rotatable bonds is 7. The summed E-state index contributed by atoms with van der Waals surface area (Å²) in [7, 11) is -2.98. The van der Waals surface area contributed by atoms with Crippen molar-refractivity contribution in [2.45, 2.75) is 95.7 Å². The Labute approximate surface area is 243 Å². The summed E-state index contributed by atoms with van der Waals surface area (Å²) in [5.41, 5.74) is 3.88. The first-order chi connectivity index (χ1) is 19.0. The highest BCUT2D eigenvalue weighted by Gasteiger charge is 2.28. The lowest BCUT2D eigenvalue weighted by Crippen LogP contribution is -2.41. The number of amides is 1. The first-order valence-electron chi connectivity index (χ1n) is 14.7. The smallest absolute Gasteiger partial charge is 0.253 e. The molecule has 2 N–H and O–H groups in total. The number of carbonyl (C=O) groups excluding carboxylic acids is 1. The Morgan fingerprint density at radius 3 is 2.33 bits per heavy atom. The fraction of sp³-hybridized carbons (Fsp3) is 0.531. The predicted octanol–water partition coefficient (Wildman–Crippen LogP) is 6.90. The van der Waals surface area contributed by atoms with Gasteiger partial charge in [0.1, 0.15) is 9.84 Å². The molecule has 5 rings (SSSR count). The number of hydrogen-bond donors (Lipinski definition) is 2. The normalized spacial score (nSPS) is 18.7. The van der Waals surface area contributed by atoms with Gasteiger partial charge in [-0.1, -0.05) is 49.6 Å². The number of sulfone groups is 1. The highest BCUT2D eigenvalue weighted by molar-refractivity contribution is 7.97. The molecule has 1 aromatic heterocycles. The van der Waals surface area contributed by atoms with E-state index in [0.29, 0.717) is 24.3 Å². The standard InChI is InChI=1S/C32H43N3O3S2/c1-22-28(31(36)33-24-16-18-40(37,38)19-17-24)20-29(35(22)21-23-10-6-5-7-11-23)26-14-15-30(39-34-32(2,3)4)27-13-9-8-12-25(26)27/h8-9,12-15,20,23-24,34H,5-7,10-11,16-19,21H2,1-4H3,(H,33,36). The van der Waals surface area contributed by atoms with Gasteiger partial charge in [-0.15, -0.1) is 0 Å². The van der Waals surface area contributed by atoms with Crippen molar-refractivity contribution in [2.24, 2.45) is 5.92 Å². The lowest BCUT2D eigenvalue weighted by atomic mass is 9.89. The summed E-state index contributed by atoms with van der Waals surface area (Å²) in [6.07, 6.45) is 7.27. The molecule has 3 aromatic rings. The van der Waals surface area contributed by atoms with Gasteiger partial charge in [0.05, 0.1) is 17.1 Å². The van der Waals surface area contributed by atoms with Crippen LogP contribution in [0.4, 0.5) is 0 Å². The molecule has 216 valence electrons. The number of carbonyl (C=O) groups is 1. The molecule has 1 aliphatic heterocycles. The minimum atomic E-state index is -2.98. The minimum absolute atomic E-state index is 0.0129. The molecule has 1 aliphatic carbocycles. The van der Waals surface area contributed by atoms with Crippen molar-refractivity contribution in [3.05, 3.63) is 53.7 Å². The zero-order valence-electron chi connectivity index (χ0n) is 24.3. The van der Waals surface area contributed by atoms with Gasteiger partial charge in [0, 0.05) is 40.0 Å². The SMILES string of the molecule is Cc1c(C(=O)NC2CCS(=O)(=O)CC2)cc(-c2ccc(SNC(C)(C)C)c3ccccc23)n1CC1CCCCC1. The van der Waals surface area contributed by atoms with Crippen molar-refractivity contribution in [2.75, 3.05) is 11.5 Å². The lowest BCUT2D eigenvalue weighted by Gasteiger charge is -2.25. The van der Waals surface area contributed by atoms with E-state index in [9.17, 15) is 13.2 Å². The van der Waals surface area contributed by atoms with Crippen LogP contribution in [0.3, 0.4) is 0 Å². The van der Waals surface area contributed by atoms with Gasteiger partial charge in [0.2, 0.25) is 0 Å².